The van der Waals surface area contributed by atoms with Gasteiger partial charge in [-0.3, -0.25) is 14.8 Å². The first-order valence-corrected chi connectivity index (χ1v) is 8.19. The number of nitrogens with zero attached hydrogens (tertiary/aromatic N) is 3. The lowest BCUT2D eigenvalue weighted by molar-refractivity contribution is 0.165. The Morgan fingerprint density at radius 1 is 1.55 bits per heavy atom. The molecule has 112 valence electrons. The molecule has 0 aromatic carbocycles. The quantitative estimate of drug-likeness (QED) is 0.862. The topological polar surface area (TPSA) is 45.4 Å². The zero-order chi connectivity index (χ0) is 14.5. The predicted octanol–water partition coefficient (Wildman–Crippen LogP) is 2.26. The van der Waals surface area contributed by atoms with Crippen LogP contribution in [0, 0.1) is 0 Å². The van der Waals surface area contributed by atoms with E-state index in [-0.39, 0.29) is 6.04 Å². The summed E-state index contributed by atoms with van der Waals surface area (Å²) in [6, 6.07) is 3.02. The van der Waals surface area contributed by atoms with Crippen LogP contribution in [0.1, 0.15) is 31.4 Å². The molecule has 0 bridgehead atoms. The second-order valence-corrected chi connectivity index (χ2v) is 6.47. The lowest BCUT2D eigenvalue weighted by Gasteiger charge is -2.32. The highest BCUT2D eigenvalue weighted by Crippen LogP contribution is 2.24. The van der Waals surface area contributed by atoms with E-state index in [9.17, 15) is 0 Å². The third-order valence-electron chi connectivity index (χ3n) is 4.27. The van der Waals surface area contributed by atoms with Crippen molar-refractivity contribution in [2.24, 2.45) is 5.73 Å². The monoisotopic (exact) mass is 340 g/mol. The highest BCUT2D eigenvalue weighted by atomic mass is 79.9. The Kier molecular flexibility index (Phi) is 5.96. The van der Waals surface area contributed by atoms with Crippen molar-refractivity contribution in [2.75, 3.05) is 33.2 Å². The minimum absolute atomic E-state index is 0.235. The molecule has 4 nitrogen and oxygen atoms in total. The summed E-state index contributed by atoms with van der Waals surface area (Å²) in [6.45, 7) is 6.32. The van der Waals surface area contributed by atoms with Crippen LogP contribution in [0.25, 0.3) is 0 Å². The molecule has 0 saturated carbocycles. The van der Waals surface area contributed by atoms with Gasteiger partial charge in [-0.25, -0.2) is 0 Å². The van der Waals surface area contributed by atoms with Crippen LogP contribution < -0.4 is 5.73 Å². The molecular formula is C15H25BrN4. The van der Waals surface area contributed by atoms with Crippen molar-refractivity contribution in [3.05, 3.63) is 28.5 Å². The van der Waals surface area contributed by atoms with Gasteiger partial charge in [-0.15, -0.1) is 0 Å². The van der Waals surface area contributed by atoms with E-state index in [1.165, 1.54) is 24.9 Å². The fourth-order valence-electron chi connectivity index (χ4n) is 3.16. The van der Waals surface area contributed by atoms with E-state index >= 15 is 0 Å². The van der Waals surface area contributed by atoms with Crippen LogP contribution in [0.3, 0.4) is 0 Å². The summed E-state index contributed by atoms with van der Waals surface area (Å²) in [6.07, 6.45) is 6.35. The predicted molar refractivity (Wildman–Crippen MR) is 86.6 cm³/mol. The Hall–Kier alpha value is -0.490. The van der Waals surface area contributed by atoms with Crippen molar-refractivity contribution in [1.29, 1.82) is 0 Å². The van der Waals surface area contributed by atoms with Gasteiger partial charge in [0.1, 0.15) is 0 Å². The van der Waals surface area contributed by atoms with Gasteiger partial charge in [-0.1, -0.05) is 6.92 Å². The fraction of sp³-hybridized carbons (Fsp3) is 0.667. The van der Waals surface area contributed by atoms with Crippen molar-refractivity contribution in [3.63, 3.8) is 0 Å². The summed E-state index contributed by atoms with van der Waals surface area (Å²) in [7, 11) is 2.17. The highest BCUT2D eigenvalue weighted by Gasteiger charge is 2.26. The summed E-state index contributed by atoms with van der Waals surface area (Å²) >= 11 is 3.49. The van der Waals surface area contributed by atoms with E-state index in [1.54, 1.807) is 0 Å². The Morgan fingerprint density at radius 2 is 2.35 bits per heavy atom. The maximum Gasteiger partial charge on any atom is 0.0483 e. The molecule has 1 fully saturated rings. The van der Waals surface area contributed by atoms with E-state index in [1.807, 2.05) is 12.4 Å². The highest BCUT2D eigenvalue weighted by molar-refractivity contribution is 9.10. The smallest absolute Gasteiger partial charge is 0.0483 e. The number of likely N-dealkylation sites (tertiary alicyclic amines) is 1. The lowest BCUT2D eigenvalue weighted by Crippen LogP contribution is -2.41. The Morgan fingerprint density at radius 3 is 3.00 bits per heavy atom. The molecule has 20 heavy (non-hydrogen) atoms. The SMILES string of the molecule is CCN1CCCC1CN(C)C(CN)c1cncc(Br)c1. The van der Waals surface area contributed by atoms with Crippen LogP contribution in [0.4, 0.5) is 0 Å². The number of pyridine rings is 1. The van der Waals surface area contributed by atoms with E-state index in [4.69, 9.17) is 5.73 Å². The van der Waals surface area contributed by atoms with E-state index in [2.05, 4.69) is 50.8 Å². The summed E-state index contributed by atoms with van der Waals surface area (Å²) in [5, 5.41) is 0. The molecule has 2 unspecified atom stereocenters. The number of hydrogen-bond acceptors (Lipinski definition) is 4. The molecule has 0 radical (unpaired) electrons. The first-order chi connectivity index (χ1) is 9.65. The van der Waals surface area contributed by atoms with Gasteiger partial charge in [-0.05, 0) is 60.5 Å². The molecule has 1 aliphatic rings. The molecule has 0 amide bonds. The van der Waals surface area contributed by atoms with Gasteiger partial charge < -0.3 is 5.73 Å². The molecule has 2 N–H and O–H groups in total. The van der Waals surface area contributed by atoms with Crippen LogP contribution in [-0.2, 0) is 0 Å². The molecular weight excluding hydrogens is 316 g/mol. The van der Waals surface area contributed by atoms with Gasteiger partial charge >= 0.3 is 0 Å². The van der Waals surface area contributed by atoms with Crippen LogP contribution in [0.15, 0.2) is 22.9 Å². The van der Waals surface area contributed by atoms with Gasteiger partial charge in [0.15, 0.2) is 0 Å². The molecule has 1 aromatic rings. The molecule has 1 aromatic heterocycles. The number of rotatable bonds is 6. The summed E-state index contributed by atoms with van der Waals surface area (Å²) in [5.41, 5.74) is 7.18. The molecule has 2 heterocycles. The summed E-state index contributed by atoms with van der Waals surface area (Å²) in [4.78, 5) is 9.21. The normalized spacial score (nSPS) is 21.6. The maximum atomic E-state index is 6.00. The van der Waals surface area contributed by atoms with E-state index in [0.717, 1.165) is 17.6 Å². The second kappa shape index (κ2) is 7.50. The largest absolute Gasteiger partial charge is 0.329 e. The van der Waals surface area contributed by atoms with Crippen molar-refractivity contribution in [1.82, 2.24) is 14.8 Å². The average molecular weight is 341 g/mol. The minimum Gasteiger partial charge on any atom is -0.329 e. The Bertz CT molecular complexity index is 426. The van der Waals surface area contributed by atoms with Crippen LogP contribution in [-0.4, -0.2) is 54.1 Å². The molecule has 2 rings (SSSR count). The molecule has 5 heteroatoms. The first kappa shape index (κ1) is 15.9. The molecule has 1 saturated heterocycles. The maximum absolute atomic E-state index is 6.00. The van der Waals surface area contributed by atoms with Crippen LogP contribution in [0.2, 0.25) is 0 Å². The van der Waals surface area contributed by atoms with Crippen molar-refractivity contribution in [3.8, 4) is 0 Å². The van der Waals surface area contributed by atoms with Gasteiger partial charge in [-0.2, -0.15) is 0 Å². The lowest BCUT2D eigenvalue weighted by atomic mass is 10.1. The Labute approximate surface area is 130 Å². The zero-order valence-corrected chi connectivity index (χ0v) is 14.0. The first-order valence-electron chi connectivity index (χ1n) is 7.40. The molecule has 2 atom stereocenters. The third kappa shape index (κ3) is 3.79. The standard InChI is InChI=1S/C15H25BrN4/c1-3-20-6-4-5-14(20)11-19(2)15(8-17)12-7-13(16)10-18-9-12/h7,9-10,14-15H,3-6,8,11,17H2,1-2H3. The van der Waals surface area contributed by atoms with Gasteiger partial charge in [0.25, 0.3) is 0 Å². The van der Waals surface area contributed by atoms with E-state index < -0.39 is 0 Å². The van der Waals surface area contributed by atoms with Crippen molar-refractivity contribution < 1.29 is 0 Å². The molecule has 0 aliphatic carbocycles. The van der Waals surface area contributed by atoms with E-state index in [0.29, 0.717) is 12.6 Å². The molecule has 1 aliphatic heterocycles. The van der Waals surface area contributed by atoms with Crippen LogP contribution in [0.5, 0.6) is 0 Å². The van der Waals surface area contributed by atoms with Gasteiger partial charge in [0, 0.05) is 42.0 Å². The van der Waals surface area contributed by atoms with Gasteiger partial charge in [0.2, 0.25) is 0 Å². The zero-order valence-electron chi connectivity index (χ0n) is 12.4. The number of nitrogens with two attached hydrogens (primary N) is 1. The van der Waals surface area contributed by atoms with Gasteiger partial charge in [0.05, 0.1) is 0 Å². The van der Waals surface area contributed by atoms with Crippen molar-refractivity contribution in [2.45, 2.75) is 31.8 Å². The average Bonchev–Trinajstić information content (AvgIpc) is 2.87. The minimum atomic E-state index is 0.235. The summed E-state index contributed by atoms with van der Waals surface area (Å²) in [5.74, 6) is 0. The number of aromatic nitrogens is 1. The number of halogens is 1. The Balaban J connectivity index is 2.03. The number of likely N-dealkylation sites (N-methyl/N-ethyl adjacent to an activating group) is 2. The summed E-state index contributed by atoms with van der Waals surface area (Å²) < 4.78 is 1.01. The van der Waals surface area contributed by atoms with Crippen molar-refractivity contribution >= 4 is 15.9 Å². The second-order valence-electron chi connectivity index (χ2n) is 5.55. The number of hydrogen-bond donors (Lipinski definition) is 1. The molecule has 0 spiro atoms. The fourth-order valence-corrected chi connectivity index (χ4v) is 3.54. The third-order valence-corrected chi connectivity index (χ3v) is 4.70. The van der Waals surface area contributed by atoms with Crippen LogP contribution >= 0.6 is 15.9 Å².